The summed E-state index contributed by atoms with van der Waals surface area (Å²) in [7, 11) is 1.77. The molecule has 2 N–H and O–H groups in total. The molecule has 0 unspecified atom stereocenters. The van der Waals surface area contributed by atoms with Gasteiger partial charge in [-0.2, -0.15) is 0 Å². The number of hydrogen-bond donors (Lipinski definition) is 1. The zero-order valence-electron chi connectivity index (χ0n) is 16.2. The zero-order valence-corrected chi connectivity index (χ0v) is 16.2. The van der Waals surface area contributed by atoms with Gasteiger partial charge in [-0.15, -0.1) is 0 Å². The molecule has 0 aliphatic heterocycles. The molecule has 0 bridgehead atoms. The lowest BCUT2D eigenvalue weighted by atomic mass is 9.93. The molecule has 5 heteroatoms. The first-order valence-electron chi connectivity index (χ1n) is 8.99. The van der Waals surface area contributed by atoms with Gasteiger partial charge in [0.2, 0.25) is 0 Å². The largest absolute Gasteiger partial charge is 0.492 e. The van der Waals surface area contributed by atoms with Crippen LogP contribution in [0.4, 0.5) is 0 Å². The van der Waals surface area contributed by atoms with Crippen LogP contribution in [0, 0.1) is 12.8 Å². The number of rotatable bonds is 5. The van der Waals surface area contributed by atoms with E-state index in [0.29, 0.717) is 23.7 Å². The molecule has 0 saturated heterocycles. The maximum Gasteiger partial charge on any atom is 0.258 e. The first kappa shape index (κ1) is 18.4. The average molecular weight is 353 g/mol. The maximum atomic E-state index is 12.8. The van der Waals surface area contributed by atoms with E-state index in [-0.39, 0.29) is 5.56 Å². The Morgan fingerprint density at radius 1 is 1.23 bits per heavy atom. The first-order valence-corrected chi connectivity index (χ1v) is 8.99. The van der Waals surface area contributed by atoms with Crippen LogP contribution in [-0.4, -0.2) is 21.7 Å². The highest BCUT2D eigenvalue weighted by molar-refractivity contribution is 6.05. The Morgan fingerprint density at radius 2 is 1.96 bits per heavy atom. The molecule has 0 amide bonds. The quantitative estimate of drug-likeness (QED) is 0.712. The average Bonchev–Trinajstić information content (AvgIpc) is 2.56. The number of benzene rings is 1. The van der Waals surface area contributed by atoms with Crippen LogP contribution in [0.3, 0.4) is 0 Å². The second kappa shape index (κ2) is 6.72. The highest BCUT2D eigenvalue weighted by atomic mass is 16.5. The number of aryl methyl sites for hydroxylation is 2. The van der Waals surface area contributed by atoms with E-state index < -0.39 is 5.54 Å². The molecule has 2 aromatic heterocycles. The van der Waals surface area contributed by atoms with Crippen molar-refractivity contribution in [2.24, 2.45) is 18.7 Å². The van der Waals surface area contributed by atoms with Crippen LogP contribution < -0.4 is 16.0 Å². The van der Waals surface area contributed by atoms with Crippen LogP contribution in [0.2, 0.25) is 0 Å². The molecule has 0 spiro atoms. The van der Waals surface area contributed by atoms with Gasteiger partial charge >= 0.3 is 0 Å². The van der Waals surface area contributed by atoms with Crippen molar-refractivity contribution in [3.05, 3.63) is 46.5 Å². The summed E-state index contributed by atoms with van der Waals surface area (Å²) in [5.74, 6) is 1.17. The van der Waals surface area contributed by atoms with Gasteiger partial charge in [-0.3, -0.25) is 9.78 Å². The molecule has 2 heterocycles. The molecule has 138 valence electrons. The van der Waals surface area contributed by atoms with E-state index in [1.807, 2.05) is 38.1 Å². The summed E-state index contributed by atoms with van der Waals surface area (Å²) in [6, 6.07) is 7.68. The van der Waals surface area contributed by atoms with Crippen molar-refractivity contribution >= 4 is 21.7 Å². The number of nitrogens with zero attached hydrogens (tertiary/aromatic N) is 2. The van der Waals surface area contributed by atoms with Crippen molar-refractivity contribution in [1.82, 2.24) is 9.55 Å². The Balaban J connectivity index is 2.03. The Labute approximate surface area is 153 Å². The number of ether oxygens (including phenoxy) is 1. The minimum atomic E-state index is -0.403. The SMILES string of the molecule is Cc1cc2c3ccc(OC[C@@](C)(N)CC(C)C)cc3c(=O)n(C)c2cn1. The fourth-order valence-corrected chi connectivity index (χ4v) is 3.59. The van der Waals surface area contributed by atoms with Gasteiger partial charge in [0.15, 0.2) is 0 Å². The molecule has 5 nitrogen and oxygen atoms in total. The van der Waals surface area contributed by atoms with E-state index in [4.69, 9.17) is 10.5 Å². The highest BCUT2D eigenvalue weighted by Crippen LogP contribution is 2.26. The Kier molecular flexibility index (Phi) is 4.76. The number of fused-ring (bicyclic) bond motifs is 3. The lowest BCUT2D eigenvalue weighted by Crippen LogP contribution is -2.43. The third-order valence-corrected chi connectivity index (χ3v) is 4.64. The van der Waals surface area contributed by atoms with E-state index in [1.54, 1.807) is 17.8 Å². The third-order valence-electron chi connectivity index (χ3n) is 4.64. The van der Waals surface area contributed by atoms with Gasteiger partial charge < -0.3 is 15.0 Å². The smallest absolute Gasteiger partial charge is 0.258 e. The minimum Gasteiger partial charge on any atom is -0.492 e. The van der Waals surface area contributed by atoms with Crippen LogP contribution in [0.25, 0.3) is 21.7 Å². The number of hydrogen-bond acceptors (Lipinski definition) is 4. The fourth-order valence-electron chi connectivity index (χ4n) is 3.59. The van der Waals surface area contributed by atoms with Crippen molar-refractivity contribution in [2.75, 3.05) is 6.61 Å². The molecule has 0 saturated carbocycles. The molecular weight excluding hydrogens is 326 g/mol. The molecule has 0 aliphatic rings. The Morgan fingerprint density at radius 3 is 2.65 bits per heavy atom. The van der Waals surface area contributed by atoms with Gasteiger partial charge in [0.05, 0.1) is 17.1 Å². The topological polar surface area (TPSA) is 70.1 Å². The van der Waals surface area contributed by atoms with Gasteiger partial charge in [0, 0.05) is 23.7 Å². The molecule has 1 atom stereocenters. The lowest BCUT2D eigenvalue weighted by molar-refractivity contribution is 0.207. The van der Waals surface area contributed by atoms with Crippen LogP contribution in [-0.2, 0) is 7.05 Å². The molecule has 0 radical (unpaired) electrons. The zero-order chi connectivity index (χ0) is 19.1. The van der Waals surface area contributed by atoms with E-state index in [2.05, 4.69) is 18.8 Å². The summed E-state index contributed by atoms with van der Waals surface area (Å²) >= 11 is 0. The first-order chi connectivity index (χ1) is 12.2. The summed E-state index contributed by atoms with van der Waals surface area (Å²) in [5.41, 5.74) is 7.62. The molecule has 3 aromatic rings. The van der Waals surface area contributed by atoms with Gasteiger partial charge in [-0.05, 0) is 55.8 Å². The molecule has 1 aromatic carbocycles. The monoisotopic (exact) mass is 353 g/mol. The molecule has 0 fully saturated rings. The van der Waals surface area contributed by atoms with Crippen LogP contribution in [0.15, 0.2) is 35.3 Å². The fraction of sp³-hybridized carbons (Fsp3) is 0.429. The molecule has 26 heavy (non-hydrogen) atoms. The Hall–Kier alpha value is -2.40. The van der Waals surface area contributed by atoms with Crippen LogP contribution in [0.5, 0.6) is 5.75 Å². The summed E-state index contributed by atoms with van der Waals surface area (Å²) in [4.78, 5) is 17.1. The minimum absolute atomic E-state index is 0.0544. The second-order valence-electron chi connectivity index (χ2n) is 7.96. The Bertz CT molecular complexity index is 1020. The third kappa shape index (κ3) is 3.58. The number of nitrogens with two attached hydrogens (primary N) is 1. The molecule has 3 rings (SSSR count). The number of aromatic nitrogens is 2. The summed E-state index contributed by atoms with van der Waals surface area (Å²) in [5, 5.41) is 2.58. The second-order valence-corrected chi connectivity index (χ2v) is 7.96. The van der Waals surface area contributed by atoms with Crippen LogP contribution in [0.1, 0.15) is 32.9 Å². The van der Waals surface area contributed by atoms with Crippen molar-refractivity contribution < 1.29 is 4.74 Å². The summed E-state index contributed by atoms with van der Waals surface area (Å²) in [6.45, 7) is 8.65. The van der Waals surface area contributed by atoms with Crippen molar-refractivity contribution in [2.45, 2.75) is 39.7 Å². The van der Waals surface area contributed by atoms with Crippen molar-refractivity contribution in [3.8, 4) is 5.75 Å². The van der Waals surface area contributed by atoms with E-state index in [0.717, 1.165) is 28.4 Å². The van der Waals surface area contributed by atoms with E-state index >= 15 is 0 Å². The predicted molar refractivity (Wildman–Crippen MR) is 107 cm³/mol. The van der Waals surface area contributed by atoms with Crippen molar-refractivity contribution in [1.29, 1.82) is 0 Å². The molecular formula is C21H27N3O2. The van der Waals surface area contributed by atoms with Gasteiger partial charge in [0.25, 0.3) is 5.56 Å². The molecule has 0 aliphatic carbocycles. The normalized spacial score (nSPS) is 14.1. The number of pyridine rings is 2. The van der Waals surface area contributed by atoms with Gasteiger partial charge in [-0.25, -0.2) is 0 Å². The standard InChI is InChI=1S/C21H27N3O2/c1-13(2)10-21(4,22)12-26-15-6-7-16-17-8-14(3)23-11-19(17)24(5)20(25)18(16)9-15/h6-9,11,13H,10,12,22H2,1-5H3/t21-/m0/s1. The van der Waals surface area contributed by atoms with E-state index in [1.165, 1.54) is 0 Å². The van der Waals surface area contributed by atoms with Crippen molar-refractivity contribution in [3.63, 3.8) is 0 Å². The maximum absolute atomic E-state index is 12.8. The predicted octanol–water partition coefficient (Wildman–Crippen LogP) is 3.54. The van der Waals surface area contributed by atoms with Crippen LogP contribution >= 0.6 is 0 Å². The van der Waals surface area contributed by atoms with Gasteiger partial charge in [-0.1, -0.05) is 13.8 Å². The summed E-state index contributed by atoms with van der Waals surface area (Å²) < 4.78 is 7.56. The van der Waals surface area contributed by atoms with E-state index in [9.17, 15) is 4.79 Å². The summed E-state index contributed by atoms with van der Waals surface area (Å²) in [6.07, 6.45) is 2.63. The van der Waals surface area contributed by atoms with Gasteiger partial charge in [0.1, 0.15) is 12.4 Å². The lowest BCUT2D eigenvalue weighted by Gasteiger charge is -2.26. The highest BCUT2D eigenvalue weighted by Gasteiger charge is 2.21.